The van der Waals surface area contributed by atoms with E-state index in [4.69, 9.17) is 16.3 Å². The minimum atomic E-state index is 0.311. The number of pyridine rings is 1. The summed E-state index contributed by atoms with van der Waals surface area (Å²) in [6, 6.07) is 3.83. The molecule has 16 heavy (non-hydrogen) atoms. The molecule has 1 heterocycles. The van der Waals surface area contributed by atoms with Crippen LogP contribution in [-0.4, -0.2) is 18.1 Å². The Bertz CT molecular complexity index is 366. The molecule has 0 amide bonds. The average molecular weight is 241 g/mol. The van der Waals surface area contributed by atoms with Crippen molar-refractivity contribution < 1.29 is 4.74 Å². The van der Waals surface area contributed by atoms with Crippen LogP contribution < -0.4 is 10.1 Å². The minimum absolute atomic E-state index is 0.311. The van der Waals surface area contributed by atoms with Crippen LogP contribution >= 0.6 is 11.6 Å². The number of aryl methyl sites for hydroxylation is 1. The quantitative estimate of drug-likeness (QED) is 0.830. The Labute approximate surface area is 101 Å². The summed E-state index contributed by atoms with van der Waals surface area (Å²) in [5.41, 5.74) is 1.88. The van der Waals surface area contributed by atoms with Gasteiger partial charge in [-0.2, -0.15) is 0 Å². The number of nitrogens with zero attached hydrogens (tertiary/aromatic N) is 1. The first kappa shape index (κ1) is 13.0. The summed E-state index contributed by atoms with van der Waals surface area (Å²) in [6.07, 6.45) is 0. The van der Waals surface area contributed by atoms with Crippen LogP contribution in [0.25, 0.3) is 0 Å². The Hall–Kier alpha value is -1.06. The lowest BCUT2D eigenvalue weighted by molar-refractivity contribution is 0.352. The zero-order valence-corrected chi connectivity index (χ0v) is 10.5. The van der Waals surface area contributed by atoms with E-state index in [9.17, 15) is 0 Å². The Morgan fingerprint density at radius 3 is 2.94 bits per heavy atom. The highest BCUT2D eigenvalue weighted by atomic mass is 35.5. The molecule has 0 unspecified atom stereocenters. The normalized spacial score (nSPS) is 10.2. The summed E-state index contributed by atoms with van der Waals surface area (Å²) in [4.78, 5) is 4.43. The molecule has 88 valence electrons. The Morgan fingerprint density at radius 1 is 1.56 bits per heavy atom. The molecule has 4 heteroatoms. The fourth-order valence-corrected chi connectivity index (χ4v) is 1.31. The minimum Gasteiger partial charge on any atom is -0.486 e. The van der Waals surface area contributed by atoms with Gasteiger partial charge in [0, 0.05) is 17.3 Å². The molecule has 0 spiro atoms. The van der Waals surface area contributed by atoms with E-state index >= 15 is 0 Å². The smallest absolute Gasteiger partial charge is 0.142 e. The van der Waals surface area contributed by atoms with Crippen molar-refractivity contribution in [1.82, 2.24) is 10.3 Å². The molecule has 0 saturated carbocycles. The summed E-state index contributed by atoms with van der Waals surface area (Å²) >= 11 is 5.66. The van der Waals surface area contributed by atoms with Crippen LogP contribution in [0.1, 0.15) is 18.3 Å². The molecule has 1 aromatic heterocycles. The van der Waals surface area contributed by atoms with Crippen LogP contribution in [0.15, 0.2) is 23.7 Å². The Balaban J connectivity index is 2.76. The second kappa shape index (κ2) is 6.51. The monoisotopic (exact) mass is 240 g/mol. The van der Waals surface area contributed by atoms with Crippen LogP contribution in [-0.2, 0) is 6.54 Å². The van der Waals surface area contributed by atoms with E-state index in [0.717, 1.165) is 23.7 Å². The van der Waals surface area contributed by atoms with Gasteiger partial charge in [0.2, 0.25) is 0 Å². The van der Waals surface area contributed by atoms with Crippen molar-refractivity contribution >= 4 is 11.6 Å². The highest BCUT2D eigenvalue weighted by Crippen LogP contribution is 2.17. The third kappa shape index (κ3) is 4.21. The van der Waals surface area contributed by atoms with Crippen LogP contribution in [0.5, 0.6) is 5.75 Å². The van der Waals surface area contributed by atoms with Crippen molar-refractivity contribution in [2.45, 2.75) is 20.4 Å². The standard InChI is InChI=1S/C12H17ClN2O/c1-4-14-7-11-12(16-8-9(2)13)6-5-10(3)15-11/h5-6,14H,2,4,7-8H2,1,3H3. The van der Waals surface area contributed by atoms with E-state index in [1.54, 1.807) is 0 Å². The van der Waals surface area contributed by atoms with E-state index in [-0.39, 0.29) is 0 Å². The molecular formula is C12H17ClN2O. The van der Waals surface area contributed by atoms with Gasteiger partial charge in [-0.25, -0.2) is 0 Å². The lowest BCUT2D eigenvalue weighted by Gasteiger charge is -2.11. The molecule has 0 atom stereocenters. The molecule has 3 nitrogen and oxygen atoms in total. The van der Waals surface area contributed by atoms with Gasteiger partial charge >= 0.3 is 0 Å². The predicted octanol–water partition coefficient (Wildman–Crippen LogP) is 2.63. The largest absolute Gasteiger partial charge is 0.486 e. The number of rotatable bonds is 6. The van der Waals surface area contributed by atoms with Gasteiger partial charge < -0.3 is 10.1 Å². The molecule has 0 aromatic carbocycles. The second-order valence-corrected chi connectivity index (χ2v) is 4.02. The van der Waals surface area contributed by atoms with E-state index in [1.165, 1.54) is 0 Å². The summed E-state index contributed by atoms with van der Waals surface area (Å²) < 4.78 is 5.52. The van der Waals surface area contributed by atoms with Crippen molar-refractivity contribution in [2.24, 2.45) is 0 Å². The van der Waals surface area contributed by atoms with Gasteiger partial charge in [0.15, 0.2) is 0 Å². The molecule has 0 radical (unpaired) electrons. The van der Waals surface area contributed by atoms with Gasteiger partial charge in [0.05, 0.1) is 5.69 Å². The first-order chi connectivity index (χ1) is 7.63. The van der Waals surface area contributed by atoms with Crippen LogP contribution in [0.2, 0.25) is 0 Å². The maximum Gasteiger partial charge on any atom is 0.142 e. The number of ether oxygens (including phenoxy) is 1. The molecular weight excluding hydrogens is 224 g/mol. The summed E-state index contributed by atoms with van der Waals surface area (Å²) in [5, 5.41) is 3.70. The highest BCUT2D eigenvalue weighted by molar-refractivity contribution is 6.29. The molecule has 0 aliphatic rings. The van der Waals surface area contributed by atoms with E-state index in [2.05, 4.69) is 23.8 Å². The molecule has 0 fully saturated rings. The topological polar surface area (TPSA) is 34.1 Å². The fourth-order valence-electron chi connectivity index (χ4n) is 1.26. The number of halogens is 1. The predicted molar refractivity (Wildman–Crippen MR) is 66.8 cm³/mol. The first-order valence-electron chi connectivity index (χ1n) is 5.26. The maximum atomic E-state index is 5.66. The lowest BCUT2D eigenvalue weighted by atomic mass is 10.3. The Kier molecular flexibility index (Phi) is 5.29. The summed E-state index contributed by atoms with van der Waals surface area (Å²) in [5.74, 6) is 0.758. The second-order valence-electron chi connectivity index (χ2n) is 3.48. The third-order valence-electron chi connectivity index (χ3n) is 2.00. The van der Waals surface area contributed by atoms with Gasteiger partial charge in [-0.3, -0.25) is 4.98 Å². The fraction of sp³-hybridized carbons (Fsp3) is 0.417. The third-order valence-corrected chi connectivity index (χ3v) is 2.11. The van der Waals surface area contributed by atoms with Gasteiger partial charge in [-0.15, -0.1) is 0 Å². The first-order valence-corrected chi connectivity index (χ1v) is 5.64. The van der Waals surface area contributed by atoms with Crippen molar-refractivity contribution in [3.63, 3.8) is 0 Å². The zero-order valence-electron chi connectivity index (χ0n) is 9.72. The average Bonchev–Trinajstić information content (AvgIpc) is 2.24. The van der Waals surface area contributed by atoms with Crippen LogP contribution in [0.3, 0.4) is 0 Å². The van der Waals surface area contributed by atoms with Gasteiger partial charge in [0.25, 0.3) is 0 Å². The van der Waals surface area contributed by atoms with Gasteiger partial charge in [-0.05, 0) is 25.6 Å². The highest BCUT2D eigenvalue weighted by Gasteiger charge is 2.05. The molecule has 0 saturated heterocycles. The van der Waals surface area contributed by atoms with Gasteiger partial charge in [0.1, 0.15) is 12.4 Å². The van der Waals surface area contributed by atoms with Crippen molar-refractivity contribution in [1.29, 1.82) is 0 Å². The zero-order chi connectivity index (χ0) is 12.0. The molecule has 0 aliphatic heterocycles. The molecule has 0 aliphatic carbocycles. The van der Waals surface area contributed by atoms with Crippen LogP contribution in [0, 0.1) is 6.92 Å². The number of aromatic nitrogens is 1. The molecule has 1 N–H and O–H groups in total. The van der Waals surface area contributed by atoms with Crippen molar-refractivity contribution in [3.8, 4) is 5.75 Å². The summed E-state index contributed by atoms with van der Waals surface area (Å²) in [7, 11) is 0. The van der Waals surface area contributed by atoms with Crippen LogP contribution in [0.4, 0.5) is 0 Å². The SMILES string of the molecule is C=C(Cl)COc1ccc(C)nc1CNCC. The molecule has 1 rings (SSSR count). The molecule has 1 aromatic rings. The molecule has 0 bridgehead atoms. The number of hydrogen-bond donors (Lipinski definition) is 1. The Morgan fingerprint density at radius 2 is 2.31 bits per heavy atom. The van der Waals surface area contributed by atoms with E-state index in [1.807, 2.05) is 19.1 Å². The summed E-state index contributed by atoms with van der Waals surface area (Å²) in [6.45, 7) is 9.50. The number of nitrogens with one attached hydrogen (secondary N) is 1. The lowest BCUT2D eigenvalue weighted by Crippen LogP contribution is -2.14. The van der Waals surface area contributed by atoms with Crippen molar-refractivity contribution in [3.05, 3.63) is 35.1 Å². The number of hydrogen-bond acceptors (Lipinski definition) is 3. The van der Waals surface area contributed by atoms with E-state index in [0.29, 0.717) is 18.2 Å². The van der Waals surface area contributed by atoms with Gasteiger partial charge in [-0.1, -0.05) is 25.1 Å². The maximum absolute atomic E-state index is 5.66. The van der Waals surface area contributed by atoms with Crippen molar-refractivity contribution in [2.75, 3.05) is 13.2 Å². The van der Waals surface area contributed by atoms with E-state index < -0.39 is 0 Å².